The van der Waals surface area contributed by atoms with Gasteiger partial charge in [-0.3, -0.25) is 9.69 Å². The summed E-state index contributed by atoms with van der Waals surface area (Å²) in [6.45, 7) is 8.63. The summed E-state index contributed by atoms with van der Waals surface area (Å²) in [7, 11) is 0. The van der Waals surface area contributed by atoms with Crippen molar-refractivity contribution in [1.82, 2.24) is 15.5 Å². The Morgan fingerprint density at radius 1 is 1.47 bits per heavy atom. The minimum atomic E-state index is 0.0671. The second kappa shape index (κ2) is 6.98. The molecule has 1 aliphatic heterocycles. The number of hydrogen-bond acceptors (Lipinski definition) is 3. The number of halogens is 1. The smallest absolute Gasteiger partial charge is 0.234 e. The molecule has 0 aromatic carbocycles. The van der Waals surface area contributed by atoms with Gasteiger partial charge in [0.15, 0.2) is 0 Å². The highest BCUT2D eigenvalue weighted by Crippen LogP contribution is 1.98. The van der Waals surface area contributed by atoms with Gasteiger partial charge in [0.1, 0.15) is 0 Å². The van der Waals surface area contributed by atoms with Crippen LogP contribution in [-0.2, 0) is 4.79 Å². The Labute approximate surface area is 99.2 Å². The summed E-state index contributed by atoms with van der Waals surface area (Å²) in [4.78, 5) is 13.7. The molecule has 1 rings (SSSR count). The molecule has 0 radical (unpaired) electrons. The van der Waals surface area contributed by atoms with Gasteiger partial charge in [0.25, 0.3) is 0 Å². The summed E-state index contributed by atoms with van der Waals surface area (Å²) in [5.41, 5.74) is 0. The molecule has 0 spiro atoms. The summed E-state index contributed by atoms with van der Waals surface area (Å²) >= 11 is 3.21. The molecule has 4 nitrogen and oxygen atoms in total. The predicted octanol–water partition coefficient (Wildman–Crippen LogP) is 0.306. The molecule has 86 valence electrons. The van der Waals surface area contributed by atoms with Crippen molar-refractivity contribution in [3.05, 3.63) is 11.1 Å². The Kier molecular flexibility index (Phi) is 5.90. The van der Waals surface area contributed by atoms with Crippen molar-refractivity contribution in [2.75, 3.05) is 39.3 Å². The number of carbonyl (C=O) groups is 1. The van der Waals surface area contributed by atoms with Crippen LogP contribution in [0.1, 0.15) is 6.42 Å². The largest absolute Gasteiger partial charge is 0.350 e. The normalized spacial score (nSPS) is 18.2. The second-order valence-electron chi connectivity index (χ2n) is 3.67. The number of hydrogen-bond donors (Lipinski definition) is 2. The van der Waals surface area contributed by atoms with Gasteiger partial charge in [0, 0.05) is 24.1 Å². The zero-order valence-corrected chi connectivity index (χ0v) is 10.5. The second-order valence-corrected chi connectivity index (χ2v) is 4.80. The molecule has 0 aliphatic carbocycles. The first-order valence-corrected chi connectivity index (χ1v) is 6.01. The minimum absolute atomic E-state index is 0.0671. The van der Waals surface area contributed by atoms with Gasteiger partial charge >= 0.3 is 0 Å². The minimum Gasteiger partial charge on any atom is -0.350 e. The lowest BCUT2D eigenvalue weighted by atomic mass is 10.4. The Morgan fingerprint density at radius 2 is 2.27 bits per heavy atom. The number of nitrogens with one attached hydrogen (secondary N) is 2. The van der Waals surface area contributed by atoms with Crippen molar-refractivity contribution in [3.63, 3.8) is 0 Å². The predicted molar refractivity (Wildman–Crippen MR) is 65.0 cm³/mol. The lowest BCUT2D eigenvalue weighted by Gasteiger charge is -2.18. The fourth-order valence-electron chi connectivity index (χ4n) is 1.51. The third kappa shape index (κ3) is 5.92. The zero-order valence-electron chi connectivity index (χ0n) is 8.89. The topological polar surface area (TPSA) is 44.4 Å². The summed E-state index contributed by atoms with van der Waals surface area (Å²) in [6, 6.07) is 0. The number of nitrogens with zero attached hydrogens (tertiary/aromatic N) is 1. The molecular weight excluding hydrogens is 258 g/mol. The van der Waals surface area contributed by atoms with Crippen LogP contribution in [0.3, 0.4) is 0 Å². The van der Waals surface area contributed by atoms with E-state index in [1.807, 2.05) is 0 Å². The van der Waals surface area contributed by atoms with Crippen LogP contribution in [0.25, 0.3) is 0 Å². The van der Waals surface area contributed by atoms with Crippen LogP contribution in [0.15, 0.2) is 11.1 Å². The van der Waals surface area contributed by atoms with Gasteiger partial charge in [-0.15, -0.1) is 0 Å². The molecule has 1 fully saturated rings. The number of amides is 1. The van der Waals surface area contributed by atoms with E-state index in [-0.39, 0.29) is 5.91 Å². The summed E-state index contributed by atoms with van der Waals surface area (Å²) in [5, 5.41) is 6.11. The van der Waals surface area contributed by atoms with Crippen molar-refractivity contribution in [1.29, 1.82) is 0 Å². The summed E-state index contributed by atoms with van der Waals surface area (Å²) in [5.74, 6) is 0.0671. The van der Waals surface area contributed by atoms with Crippen LogP contribution in [0.4, 0.5) is 0 Å². The Morgan fingerprint density at radius 3 is 3.00 bits per heavy atom. The molecule has 0 saturated carbocycles. The van der Waals surface area contributed by atoms with Crippen molar-refractivity contribution < 1.29 is 4.79 Å². The highest BCUT2D eigenvalue weighted by molar-refractivity contribution is 9.11. The molecule has 1 aliphatic rings. The Bertz CT molecular complexity index is 225. The van der Waals surface area contributed by atoms with Crippen LogP contribution in [0.2, 0.25) is 0 Å². The number of rotatable bonds is 4. The molecule has 5 heteroatoms. The van der Waals surface area contributed by atoms with E-state index in [4.69, 9.17) is 0 Å². The highest BCUT2D eigenvalue weighted by Gasteiger charge is 2.11. The van der Waals surface area contributed by atoms with Gasteiger partial charge in [0.05, 0.1) is 6.54 Å². The SMILES string of the molecule is C=C(Br)CNC(=O)CN1CCCNCC1. The molecule has 0 unspecified atom stereocenters. The van der Waals surface area contributed by atoms with Gasteiger partial charge in [-0.05, 0) is 19.5 Å². The quantitative estimate of drug-likeness (QED) is 0.776. The third-order valence-electron chi connectivity index (χ3n) is 2.28. The van der Waals surface area contributed by atoms with E-state index in [0.717, 1.165) is 37.1 Å². The molecule has 1 amide bonds. The first kappa shape index (κ1) is 12.7. The Balaban J connectivity index is 2.20. The van der Waals surface area contributed by atoms with Crippen LogP contribution < -0.4 is 10.6 Å². The zero-order chi connectivity index (χ0) is 11.1. The lowest BCUT2D eigenvalue weighted by Crippen LogP contribution is -2.39. The molecule has 0 aromatic heterocycles. The van der Waals surface area contributed by atoms with E-state index in [1.165, 1.54) is 0 Å². The first-order valence-electron chi connectivity index (χ1n) is 5.21. The molecular formula is C10H18BrN3O. The number of carbonyl (C=O) groups excluding carboxylic acids is 1. The van der Waals surface area contributed by atoms with E-state index in [2.05, 4.69) is 38.0 Å². The molecule has 2 N–H and O–H groups in total. The van der Waals surface area contributed by atoms with Crippen molar-refractivity contribution in [2.45, 2.75) is 6.42 Å². The van der Waals surface area contributed by atoms with Crippen LogP contribution in [-0.4, -0.2) is 50.1 Å². The van der Waals surface area contributed by atoms with Gasteiger partial charge < -0.3 is 10.6 Å². The maximum Gasteiger partial charge on any atom is 0.234 e. The first-order chi connectivity index (χ1) is 7.18. The van der Waals surface area contributed by atoms with Crippen LogP contribution in [0.5, 0.6) is 0 Å². The highest BCUT2D eigenvalue weighted by atomic mass is 79.9. The summed E-state index contributed by atoms with van der Waals surface area (Å²) < 4.78 is 0.799. The monoisotopic (exact) mass is 275 g/mol. The van der Waals surface area contributed by atoms with Crippen molar-refractivity contribution in [3.8, 4) is 0 Å². The van der Waals surface area contributed by atoms with Gasteiger partial charge in [0.2, 0.25) is 5.91 Å². The molecule has 0 aromatic rings. The molecule has 1 heterocycles. The van der Waals surface area contributed by atoms with Gasteiger partial charge in [-0.1, -0.05) is 22.5 Å². The summed E-state index contributed by atoms with van der Waals surface area (Å²) in [6.07, 6.45) is 1.11. The lowest BCUT2D eigenvalue weighted by molar-refractivity contribution is -0.122. The van der Waals surface area contributed by atoms with E-state index in [1.54, 1.807) is 0 Å². The fourth-order valence-corrected chi connectivity index (χ4v) is 1.65. The van der Waals surface area contributed by atoms with Crippen molar-refractivity contribution in [2.24, 2.45) is 0 Å². The Hall–Kier alpha value is -0.390. The molecule has 15 heavy (non-hydrogen) atoms. The van der Waals surface area contributed by atoms with Crippen LogP contribution in [0, 0.1) is 0 Å². The average Bonchev–Trinajstić information content (AvgIpc) is 2.43. The molecule has 0 bridgehead atoms. The third-order valence-corrected chi connectivity index (χ3v) is 2.56. The van der Waals surface area contributed by atoms with Gasteiger partial charge in [-0.2, -0.15) is 0 Å². The van der Waals surface area contributed by atoms with E-state index >= 15 is 0 Å². The van der Waals surface area contributed by atoms with Crippen molar-refractivity contribution >= 4 is 21.8 Å². The standard InChI is InChI=1S/C10H18BrN3O/c1-9(11)7-13-10(15)8-14-5-2-3-12-4-6-14/h12H,1-8H2,(H,13,15). The average molecular weight is 276 g/mol. The maximum absolute atomic E-state index is 11.5. The van der Waals surface area contributed by atoms with E-state index in [9.17, 15) is 4.79 Å². The van der Waals surface area contributed by atoms with Gasteiger partial charge in [-0.25, -0.2) is 0 Å². The fraction of sp³-hybridized carbons (Fsp3) is 0.700. The molecule has 0 atom stereocenters. The molecule has 1 saturated heterocycles. The van der Waals surface area contributed by atoms with E-state index < -0.39 is 0 Å². The maximum atomic E-state index is 11.5. The van der Waals surface area contributed by atoms with Crippen LogP contribution >= 0.6 is 15.9 Å². The van der Waals surface area contributed by atoms with E-state index in [0.29, 0.717) is 13.1 Å².